The van der Waals surface area contributed by atoms with Crippen molar-refractivity contribution >= 4 is 17.3 Å². The van der Waals surface area contributed by atoms with Crippen LogP contribution >= 0.6 is 0 Å². The summed E-state index contributed by atoms with van der Waals surface area (Å²) in [5, 5.41) is 13.8. The summed E-state index contributed by atoms with van der Waals surface area (Å²) >= 11 is 0. The fraction of sp³-hybridized carbons (Fsp3) is 0.188. The van der Waals surface area contributed by atoms with Gasteiger partial charge in [-0.05, 0) is 24.3 Å². The standard InChI is InChI=1S/C16H17N3O3/c1-18(12-11-17-14-5-3-2-4-6-14)16(20)13-7-9-15(10-8-13)19(21)22/h2-10,17H,11-12H2,1H3. The van der Waals surface area contributed by atoms with Gasteiger partial charge in [-0.2, -0.15) is 0 Å². The molecule has 0 unspecified atom stereocenters. The summed E-state index contributed by atoms with van der Waals surface area (Å²) in [7, 11) is 1.70. The van der Waals surface area contributed by atoms with E-state index in [9.17, 15) is 14.9 Å². The highest BCUT2D eigenvalue weighted by Gasteiger charge is 2.13. The highest BCUT2D eigenvalue weighted by Crippen LogP contribution is 2.13. The average molecular weight is 299 g/mol. The maximum atomic E-state index is 12.2. The molecule has 0 heterocycles. The van der Waals surface area contributed by atoms with Crippen molar-refractivity contribution in [3.8, 4) is 0 Å². The van der Waals surface area contributed by atoms with Crippen LogP contribution in [0.3, 0.4) is 0 Å². The third-order valence-corrected chi connectivity index (χ3v) is 3.22. The van der Waals surface area contributed by atoms with Crippen molar-refractivity contribution in [3.05, 3.63) is 70.3 Å². The Hall–Kier alpha value is -2.89. The topological polar surface area (TPSA) is 75.5 Å². The van der Waals surface area contributed by atoms with Gasteiger partial charge in [0.05, 0.1) is 4.92 Å². The van der Waals surface area contributed by atoms with Crippen LogP contribution in [0.2, 0.25) is 0 Å². The zero-order chi connectivity index (χ0) is 15.9. The van der Waals surface area contributed by atoms with E-state index in [0.29, 0.717) is 18.7 Å². The largest absolute Gasteiger partial charge is 0.383 e. The maximum Gasteiger partial charge on any atom is 0.269 e. The number of benzene rings is 2. The number of carbonyl (C=O) groups excluding carboxylic acids is 1. The molecular weight excluding hydrogens is 282 g/mol. The summed E-state index contributed by atoms with van der Waals surface area (Å²) in [6.45, 7) is 1.16. The second kappa shape index (κ2) is 7.21. The van der Waals surface area contributed by atoms with Crippen molar-refractivity contribution in [2.45, 2.75) is 0 Å². The van der Waals surface area contributed by atoms with Crippen LogP contribution in [0, 0.1) is 10.1 Å². The molecule has 0 saturated carbocycles. The van der Waals surface area contributed by atoms with Gasteiger partial charge < -0.3 is 10.2 Å². The Labute approximate surface area is 128 Å². The van der Waals surface area contributed by atoms with Crippen molar-refractivity contribution in [3.63, 3.8) is 0 Å². The number of likely N-dealkylation sites (N-methyl/N-ethyl adjacent to an activating group) is 1. The predicted molar refractivity (Wildman–Crippen MR) is 85.0 cm³/mol. The second-order valence-electron chi connectivity index (χ2n) is 4.82. The number of rotatable bonds is 6. The lowest BCUT2D eigenvalue weighted by atomic mass is 10.2. The minimum atomic E-state index is -0.484. The van der Waals surface area contributed by atoms with E-state index in [1.807, 2.05) is 30.3 Å². The molecule has 0 saturated heterocycles. The van der Waals surface area contributed by atoms with Crippen LogP contribution in [-0.4, -0.2) is 35.9 Å². The number of hydrogen-bond acceptors (Lipinski definition) is 4. The van der Waals surface area contributed by atoms with Crippen LogP contribution in [0.1, 0.15) is 10.4 Å². The Balaban J connectivity index is 1.87. The highest BCUT2D eigenvalue weighted by atomic mass is 16.6. The number of hydrogen-bond donors (Lipinski definition) is 1. The molecule has 6 nitrogen and oxygen atoms in total. The van der Waals surface area contributed by atoms with Gasteiger partial charge in [0.1, 0.15) is 0 Å². The molecule has 6 heteroatoms. The van der Waals surface area contributed by atoms with Crippen molar-refractivity contribution in [2.75, 3.05) is 25.5 Å². The molecule has 0 aromatic heterocycles. The molecular formula is C16H17N3O3. The van der Waals surface area contributed by atoms with Gasteiger partial charge in [-0.1, -0.05) is 18.2 Å². The van der Waals surface area contributed by atoms with E-state index < -0.39 is 4.92 Å². The van der Waals surface area contributed by atoms with Crippen LogP contribution < -0.4 is 5.32 Å². The first-order chi connectivity index (χ1) is 10.6. The van der Waals surface area contributed by atoms with Crippen molar-refractivity contribution in [1.82, 2.24) is 4.90 Å². The van der Waals surface area contributed by atoms with Crippen LogP contribution in [0.4, 0.5) is 11.4 Å². The third-order valence-electron chi connectivity index (χ3n) is 3.22. The third kappa shape index (κ3) is 4.05. The molecule has 0 atom stereocenters. The molecule has 1 N–H and O–H groups in total. The number of carbonyl (C=O) groups is 1. The Morgan fingerprint density at radius 3 is 2.36 bits per heavy atom. The average Bonchev–Trinajstić information content (AvgIpc) is 2.55. The first-order valence-electron chi connectivity index (χ1n) is 6.87. The molecule has 114 valence electrons. The van der Waals surface area contributed by atoms with Crippen LogP contribution in [-0.2, 0) is 0 Å². The normalized spacial score (nSPS) is 10.0. The SMILES string of the molecule is CN(CCNc1ccccc1)C(=O)c1ccc([N+](=O)[O-])cc1. The molecule has 0 aliphatic carbocycles. The first kappa shape index (κ1) is 15.5. The zero-order valence-corrected chi connectivity index (χ0v) is 12.2. The molecule has 22 heavy (non-hydrogen) atoms. The summed E-state index contributed by atoms with van der Waals surface area (Å²) in [4.78, 5) is 23.9. The lowest BCUT2D eigenvalue weighted by Gasteiger charge is -2.18. The van der Waals surface area contributed by atoms with Gasteiger partial charge in [-0.15, -0.1) is 0 Å². The van der Waals surface area contributed by atoms with Crippen molar-refractivity contribution in [1.29, 1.82) is 0 Å². The second-order valence-corrected chi connectivity index (χ2v) is 4.82. The number of nitrogens with zero attached hydrogens (tertiary/aromatic N) is 2. The number of para-hydroxylation sites is 1. The fourth-order valence-electron chi connectivity index (χ4n) is 1.97. The van der Waals surface area contributed by atoms with E-state index >= 15 is 0 Å². The Kier molecular flexibility index (Phi) is 5.08. The lowest BCUT2D eigenvalue weighted by molar-refractivity contribution is -0.384. The molecule has 1 amide bonds. The minimum absolute atomic E-state index is 0.0232. The summed E-state index contributed by atoms with van der Waals surface area (Å²) in [5.41, 5.74) is 1.41. The number of nitro benzene ring substituents is 1. The number of nitro groups is 1. The van der Waals surface area contributed by atoms with E-state index in [2.05, 4.69) is 5.32 Å². The minimum Gasteiger partial charge on any atom is -0.383 e. The molecule has 2 aromatic carbocycles. The number of nitrogens with one attached hydrogen (secondary N) is 1. The molecule has 0 aliphatic rings. The molecule has 2 rings (SSSR count). The van der Waals surface area contributed by atoms with Gasteiger partial charge in [0, 0.05) is 43.5 Å². The molecule has 0 radical (unpaired) electrons. The van der Waals surface area contributed by atoms with Crippen molar-refractivity contribution < 1.29 is 9.72 Å². The van der Waals surface area contributed by atoms with E-state index in [0.717, 1.165) is 5.69 Å². The van der Waals surface area contributed by atoms with Crippen LogP contribution in [0.5, 0.6) is 0 Å². The highest BCUT2D eigenvalue weighted by molar-refractivity contribution is 5.94. The van der Waals surface area contributed by atoms with Gasteiger partial charge >= 0.3 is 0 Å². The summed E-state index contributed by atoms with van der Waals surface area (Å²) in [6.07, 6.45) is 0. The number of non-ortho nitro benzene ring substituents is 1. The van der Waals surface area contributed by atoms with Gasteiger partial charge in [-0.25, -0.2) is 0 Å². The van der Waals surface area contributed by atoms with E-state index in [1.54, 1.807) is 11.9 Å². The summed E-state index contributed by atoms with van der Waals surface area (Å²) < 4.78 is 0. The van der Waals surface area contributed by atoms with Gasteiger partial charge in [-0.3, -0.25) is 14.9 Å². The van der Waals surface area contributed by atoms with Crippen molar-refractivity contribution in [2.24, 2.45) is 0 Å². The Morgan fingerprint density at radius 1 is 1.14 bits per heavy atom. The van der Waals surface area contributed by atoms with E-state index in [4.69, 9.17) is 0 Å². The fourth-order valence-corrected chi connectivity index (χ4v) is 1.97. The molecule has 0 fully saturated rings. The molecule has 0 spiro atoms. The van der Waals surface area contributed by atoms with E-state index in [1.165, 1.54) is 24.3 Å². The molecule has 0 aliphatic heterocycles. The predicted octanol–water partition coefficient (Wildman–Crippen LogP) is 2.78. The first-order valence-corrected chi connectivity index (χ1v) is 6.87. The van der Waals surface area contributed by atoms with Gasteiger partial charge in [0.2, 0.25) is 0 Å². The summed E-state index contributed by atoms with van der Waals surface area (Å²) in [5.74, 6) is -0.162. The quantitative estimate of drug-likeness (QED) is 0.657. The zero-order valence-electron chi connectivity index (χ0n) is 12.2. The maximum absolute atomic E-state index is 12.2. The number of amides is 1. The van der Waals surface area contributed by atoms with E-state index in [-0.39, 0.29) is 11.6 Å². The summed E-state index contributed by atoms with van der Waals surface area (Å²) in [6, 6.07) is 15.4. The van der Waals surface area contributed by atoms with Gasteiger partial charge in [0.15, 0.2) is 0 Å². The molecule has 0 bridgehead atoms. The Bertz CT molecular complexity index is 641. The number of anilines is 1. The monoisotopic (exact) mass is 299 g/mol. The molecule has 2 aromatic rings. The lowest BCUT2D eigenvalue weighted by Crippen LogP contribution is -2.31. The van der Waals surface area contributed by atoms with Crippen LogP contribution in [0.25, 0.3) is 0 Å². The van der Waals surface area contributed by atoms with Crippen LogP contribution in [0.15, 0.2) is 54.6 Å². The van der Waals surface area contributed by atoms with Gasteiger partial charge in [0.25, 0.3) is 11.6 Å². The smallest absolute Gasteiger partial charge is 0.269 e. The Morgan fingerprint density at radius 2 is 1.77 bits per heavy atom.